The van der Waals surface area contributed by atoms with Gasteiger partial charge in [-0.15, -0.1) is 22.7 Å². The van der Waals surface area contributed by atoms with E-state index in [0.29, 0.717) is 7.91 Å². The number of hydrogen-bond donors (Lipinski definition) is 0. The van der Waals surface area contributed by atoms with Gasteiger partial charge in [0.15, 0.2) is 7.91 Å². The molecule has 8 heteroatoms. The van der Waals surface area contributed by atoms with E-state index in [2.05, 4.69) is 41.5 Å². The standard InChI is InChI=1S/C22H30N2O2S4/c1-21(2,3)15-11-17(25)23(19(27)29-15)13-7-9-14(10-8-13)24-18(26)12-16(22(4,5)6)30-20(24)28/h11-14H,7-10H2,1-6H3. The Bertz CT molecular complexity index is 1010. The SMILES string of the molecule is CC(C)(C)c1cc(=O)n(C2CCC(n3c(=O)cc(C(C)(C)C)sc3=S)CC2)c(=S)s1. The highest BCUT2D eigenvalue weighted by Crippen LogP contribution is 2.36. The molecule has 2 heterocycles. The van der Waals surface area contributed by atoms with Crippen LogP contribution in [0.5, 0.6) is 0 Å². The highest BCUT2D eigenvalue weighted by Gasteiger charge is 2.28. The maximum atomic E-state index is 12.8. The second kappa shape index (κ2) is 8.52. The lowest BCUT2D eigenvalue weighted by Crippen LogP contribution is -2.32. The third-order valence-corrected chi connectivity index (χ3v) is 9.18. The molecule has 0 unspecified atom stereocenters. The van der Waals surface area contributed by atoms with Crippen LogP contribution < -0.4 is 11.1 Å². The smallest absolute Gasteiger partial charge is 0.253 e. The maximum absolute atomic E-state index is 12.8. The lowest BCUT2D eigenvalue weighted by Gasteiger charge is -2.31. The van der Waals surface area contributed by atoms with Gasteiger partial charge in [0, 0.05) is 34.0 Å². The summed E-state index contributed by atoms with van der Waals surface area (Å²) in [5, 5.41) is 0. The summed E-state index contributed by atoms with van der Waals surface area (Å²) in [4.78, 5) is 27.7. The van der Waals surface area contributed by atoms with Gasteiger partial charge in [-0.1, -0.05) is 41.5 Å². The molecule has 0 saturated heterocycles. The average Bonchev–Trinajstić information content (AvgIpc) is 2.60. The van der Waals surface area contributed by atoms with E-state index < -0.39 is 0 Å². The third-order valence-electron chi connectivity index (χ3n) is 5.65. The van der Waals surface area contributed by atoms with Gasteiger partial charge in [0.05, 0.1) is 0 Å². The Kier molecular flexibility index (Phi) is 6.73. The maximum Gasteiger partial charge on any atom is 0.253 e. The van der Waals surface area contributed by atoms with Crippen LogP contribution in [0.4, 0.5) is 0 Å². The van der Waals surface area contributed by atoms with Gasteiger partial charge in [-0.25, -0.2) is 0 Å². The zero-order valence-corrected chi connectivity index (χ0v) is 21.7. The molecule has 1 aliphatic rings. The summed E-state index contributed by atoms with van der Waals surface area (Å²) in [6, 6.07) is 3.66. The third kappa shape index (κ3) is 4.92. The fourth-order valence-corrected chi connectivity index (χ4v) is 6.86. The fraction of sp³-hybridized carbons (Fsp3) is 0.636. The summed E-state index contributed by atoms with van der Waals surface area (Å²) in [6.07, 6.45) is 3.29. The van der Waals surface area contributed by atoms with Gasteiger partial charge in [0.1, 0.15) is 0 Å². The lowest BCUT2D eigenvalue weighted by atomic mass is 9.90. The van der Waals surface area contributed by atoms with E-state index in [0.717, 1.165) is 35.4 Å². The van der Waals surface area contributed by atoms with E-state index in [-0.39, 0.29) is 34.0 Å². The molecule has 0 amide bonds. The van der Waals surface area contributed by atoms with Crippen molar-refractivity contribution in [1.82, 2.24) is 9.13 Å². The summed E-state index contributed by atoms with van der Waals surface area (Å²) >= 11 is 14.3. The van der Waals surface area contributed by atoms with Crippen molar-refractivity contribution < 1.29 is 0 Å². The van der Waals surface area contributed by atoms with E-state index in [1.54, 1.807) is 21.3 Å². The first-order chi connectivity index (χ1) is 13.8. The van der Waals surface area contributed by atoms with Gasteiger partial charge in [0.25, 0.3) is 11.1 Å². The first kappa shape index (κ1) is 23.7. The second-order valence-electron chi connectivity index (χ2n) is 10.1. The molecule has 1 aliphatic carbocycles. The Balaban J connectivity index is 1.85. The van der Waals surface area contributed by atoms with Crippen molar-refractivity contribution in [2.75, 3.05) is 0 Å². The number of aromatic nitrogens is 2. The van der Waals surface area contributed by atoms with Crippen molar-refractivity contribution in [1.29, 1.82) is 0 Å². The van der Waals surface area contributed by atoms with Crippen LogP contribution in [0.25, 0.3) is 0 Å². The molecule has 3 rings (SSSR count). The fourth-order valence-electron chi connectivity index (χ4n) is 3.86. The van der Waals surface area contributed by atoms with Crippen molar-refractivity contribution in [3.8, 4) is 0 Å². The van der Waals surface area contributed by atoms with Crippen LogP contribution in [0.1, 0.15) is 89.1 Å². The van der Waals surface area contributed by atoms with Gasteiger partial charge >= 0.3 is 0 Å². The van der Waals surface area contributed by atoms with Crippen LogP contribution in [-0.4, -0.2) is 9.13 Å². The first-order valence-corrected chi connectivity index (χ1v) is 12.8. The molecular weight excluding hydrogens is 453 g/mol. The van der Waals surface area contributed by atoms with E-state index in [4.69, 9.17) is 24.4 Å². The lowest BCUT2D eigenvalue weighted by molar-refractivity contribution is 0.266. The number of rotatable bonds is 2. The molecule has 0 atom stereocenters. The second-order valence-corrected chi connectivity index (χ2v) is 13.5. The minimum atomic E-state index is -0.0877. The molecule has 30 heavy (non-hydrogen) atoms. The zero-order chi connectivity index (χ0) is 22.4. The summed E-state index contributed by atoms with van der Waals surface area (Å²) in [6.45, 7) is 12.6. The molecule has 0 aromatic carbocycles. The first-order valence-electron chi connectivity index (χ1n) is 10.3. The van der Waals surface area contributed by atoms with E-state index in [1.165, 1.54) is 22.7 Å². The van der Waals surface area contributed by atoms with Crippen LogP contribution in [0.3, 0.4) is 0 Å². The normalized spacial score (nSPS) is 20.3. The molecule has 0 bridgehead atoms. The van der Waals surface area contributed by atoms with E-state index >= 15 is 0 Å². The molecule has 0 aliphatic heterocycles. The summed E-state index contributed by atoms with van der Waals surface area (Å²) in [5.74, 6) is 0. The van der Waals surface area contributed by atoms with Gasteiger partial charge in [-0.05, 0) is 60.9 Å². The van der Waals surface area contributed by atoms with Crippen molar-refractivity contribution >= 4 is 47.1 Å². The molecule has 0 N–H and O–H groups in total. The Labute approximate surface area is 196 Å². The zero-order valence-electron chi connectivity index (χ0n) is 18.5. The minimum absolute atomic E-state index is 0.00926. The Morgan fingerprint density at radius 2 is 1.03 bits per heavy atom. The van der Waals surface area contributed by atoms with Crippen LogP contribution in [0.2, 0.25) is 0 Å². The van der Waals surface area contributed by atoms with Gasteiger partial charge < -0.3 is 0 Å². The topological polar surface area (TPSA) is 44.0 Å². The van der Waals surface area contributed by atoms with E-state index in [1.807, 2.05) is 0 Å². The van der Waals surface area contributed by atoms with Crippen molar-refractivity contribution in [2.45, 2.75) is 90.1 Å². The average molecular weight is 483 g/mol. The van der Waals surface area contributed by atoms with Gasteiger partial charge in [0.2, 0.25) is 0 Å². The Hall–Kier alpha value is -0.960. The van der Waals surface area contributed by atoms with Crippen LogP contribution in [0, 0.1) is 7.91 Å². The Morgan fingerprint density at radius 3 is 1.27 bits per heavy atom. The summed E-state index contributed by atoms with van der Waals surface area (Å²) < 4.78 is 4.87. The van der Waals surface area contributed by atoms with Gasteiger partial charge in [-0.3, -0.25) is 18.7 Å². The number of hydrogen-bond acceptors (Lipinski definition) is 6. The molecule has 1 saturated carbocycles. The molecule has 2 aromatic heterocycles. The highest BCUT2D eigenvalue weighted by molar-refractivity contribution is 7.73. The highest BCUT2D eigenvalue weighted by atomic mass is 32.2. The molecule has 1 fully saturated rings. The minimum Gasteiger partial charge on any atom is -0.288 e. The molecule has 0 radical (unpaired) electrons. The monoisotopic (exact) mass is 482 g/mol. The molecule has 0 spiro atoms. The van der Waals surface area contributed by atoms with Crippen LogP contribution >= 0.6 is 47.1 Å². The van der Waals surface area contributed by atoms with Crippen LogP contribution in [0.15, 0.2) is 21.7 Å². The molecule has 164 valence electrons. The van der Waals surface area contributed by atoms with E-state index in [9.17, 15) is 9.59 Å². The Morgan fingerprint density at radius 1 is 0.733 bits per heavy atom. The predicted molar refractivity (Wildman–Crippen MR) is 133 cm³/mol. The molecule has 2 aromatic rings. The van der Waals surface area contributed by atoms with Crippen molar-refractivity contribution in [2.24, 2.45) is 0 Å². The summed E-state index contributed by atoms with van der Waals surface area (Å²) in [7, 11) is 0. The quantitative estimate of drug-likeness (QED) is 0.456. The molecule has 4 nitrogen and oxygen atoms in total. The van der Waals surface area contributed by atoms with Crippen molar-refractivity contribution in [3.05, 3.63) is 50.5 Å². The number of nitrogens with zero attached hydrogens (tertiary/aromatic N) is 2. The summed E-state index contributed by atoms with van der Waals surface area (Å²) in [5.41, 5.74) is -0.194. The largest absolute Gasteiger partial charge is 0.288 e. The molecular formula is C22H30N2O2S4. The van der Waals surface area contributed by atoms with Crippen molar-refractivity contribution in [3.63, 3.8) is 0 Å². The predicted octanol–water partition coefficient (Wildman–Crippen LogP) is 6.54. The van der Waals surface area contributed by atoms with Gasteiger partial charge in [-0.2, -0.15) is 0 Å². The van der Waals surface area contributed by atoms with Crippen LogP contribution in [-0.2, 0) is 10.8 Å².